The van der Waals surface area contributed by atoms with Crippen LogP contribution in [0, 0.1) is 6.92 Å². The van der Waals surface area contributed by atoms with E-state index in [0.29, 0.717) is 17.5 Å². The van der Waals surface area contributed by atoms with Gasteiger partial charge in [0.05, 0.1) is 23.4 Å². The van der Waals surface area contributed by atoms with Crippen LogP contribution in [-0.4, -0.2) is 28.2 Å². The predicted molar refractivity (Wildman–Crippen MR) is 75.0 cm³/mol. The highest BCUT2D eigenvalue weighted by Gasteiger charge is 2.09. The van der Waals surface area contributed by atoms with Gasteiger partial charge in [0.15, 0.2) is 0 Å². The number of anilines is 2. The summed E-state index contributed by atoms with van der Waals surface area (Å²) in [6.07, 6.45) is 0. The smallest absolute Gasteiger partial charge is 0.335 e. The highest BCUT2D eigenvalue weighted by molar-refractivity contribution is 6.33. The molecule has 0 saturated heterocycles. The van der Waals surface area contributed by atoms with Gasteiger partial charge in [0.2, 0.25) is 11.8 Å². The molecule has 1 aromatic carbocycles. The number of halogens is 1. The van der Waals surface area contributed by atoms with Crippen molar-refractivity contribution in [2.24, 2.45) is 0 Å². The Morgan fingerprint density at radius 2 is 2.10 bits per heavy atom. The monoisotopic (exact) mass is 293 g/mol. The van der Waals surface area contributed by atoms with Crippen molar-refractivity contribution < 1.29 is 14.6 Å². The zero-order valence-electron chi connectivity index (χ0n) is 10.8. The highest BCUT2D eigenvalue weighted by atomic mass is 35.5. The molecule has 6 nitrogen and oxygen atoms in total. The number of nitrogens with one attached hydrogen (secondary N) is 1. The predicted octanol–water partition coefficient (Wildman–Crippen LogP) is 2.89. The second kappa shape index (κ2) is 5.75. The molecule has 0 atom stereocenters. The Balaban J connectivity index is 2.30. The number of benzene rings is 1. The summed E-state index contributed by atoms with van der Waals surface area (Å²) in [5.74, 6) is -0.281. The number of carboxylic acids is 1. The quantitative estimate of drug-likeness (QED) is 0.901. The average molecular weight is 294 g/mol. The Hall–Kier alpha value is -2.34. The Morgan fingerprint density at radius 1 is 1.35 bits per heavy atom. The first-order chi connectivity index (χ1) is 9.49. The van der Waals surface area contributed by atoms with Gasteiger partial charge in [-0.3, -0.25) is 0 Å². The topological polar surface area (TPSA) is 84.3 Å². The molecule has 0 amide bonds. The van der Waals surface area contributed by atoms with Crippen LogP contribution in [0.1, 0.15) is 16.1 Å². The minimum absolute atomic E-state index is 0.114. The van der Waals surface area contributed by atoms with Crippen molar-refractivity contribution in [1.82, 2.24) is 9.97 Å². The molecule has 1 aromatic heterocycles. The van der Waals surface area contributed by atoms with E-state index in [1.807, 2.05) is 6.92 Å². The number of hydrogen-bond donors (Lipinski definition) is 2. The summed E-state index contributed by atoms with van der Waals surface area (Å²) in [6, 6.07) is 6.06. The van der Waals surface area contributed by atoms with E-state index in [-0.39, 0.29) is 10.6 Å². The van der Waals surface area contributed by atoms with Crippen molar-refractivity contribution >= 4 is 29.2 Å². The number of aromatic carboxylic acids is 1. The number of nitrogens with zero attached hydrogens (tertiary/aromatic N) is 2. The van der Waals surface area contributed by atoms with E-state index in [9.17, 15) is 4.79 Å². The minimum atomic E-state index is -1.04. The third-order valence-electron chi connectivity index (χ3n) is 2.50. The van der Waals surface area contributed by atoms with Gasteiger partial charge in [0.1, 0.15) is 0 Å². The third kappa shape index (κ3) is 3.16. The zero-order valence-corrected chi connectivity index (χ0v) is 11.6. The van der Waals surface area contributed by atoms with Crippen molar-refractivity contribution in [2.75, 3.05) is 12.4 Å². The van der Waals surface area contributed by atoms with Gasteiger partial charge in [-0.15, -0.1) is 0 Å². The molecule has 2 N–H and O–H groups in total. The fourth-order valence-corrected chi connectivity index (χ4v) is 1.80. The molecule has 2 aromatic rings. The number of carbonyl (C=O) groups is 1. The Kier molecular flexibility index (Phi) is 4.05. The molecule has 0 fully saturated rings. The minimum Gasteiger partial charge on any atom is -0.481 e. The summed E-state index contributed by atoms with van der Waals surface area (Å²) in [5.41, 5.74) is 1.37. The summed E-state index contributed by atoms with van der Waals surface area (Å²) in [5, 5.41) is 12.1. The Labute approximate surface area is 120 Å². The van der Waals surface area contributed by atoms with Crippen LogP contribution < -0.4 is 10.1 Å². The SMILES string of the molecule is COc1cc(C)nc(Nc2ccc(C(=O)O)cc2Cl)n1. The van der Waals surface area contributed by atoms with Gasteiger partial charge in [-0.05, 0) is 25.1 Å². The number of aryl methyl sites for hydroxylation is 1. The second-order valence-corrected chi connectivity index (χ2v) is 4.41. The van der Waals surface area contributed by atoms with Gasteiger partial charge in [0.25, 0.3) is 0 Å². The van der Waals surface area contributed by atoms with Gasteiger partial charge in [-0.25, -0.2) is 9.78 Å². The molecule has 20 heavy (non-hydrogen) atoms. The van der Waals surface area contributed by atoms with E-state index in [0.717, 1.165) is 5.69 Å². The number of aromatic nitrogens is 2. The summed E-state index contributed by atoms with van der Waals surface area (Å²) < 4.78 is 5.05. The standard InChI is InChI=1S/C13H12ClN3O3/c1-7-5-11(20-2)17-13(15-7)16-10-4-3-8(12(18)19)6-9(10)14/h3-6H,1-2H3,(H,18,19)(H,15,16,17). The average Bonchev–Trinajstić information content (AvgIpc) is 2.40. The van der Waals surface area contributed by atoms with Crippen LogP contribution >= 0.6 is 11.6 Å². The molecular weight excluding hydrogens is 282 g/mol. The van der Waals surface area contributed by atoms with Crippen LogP contribution in [0.15, 0.2) is 24.3 Å². The van der Waals surface area contributed by atoms with Gasteiger partial charge >= 0.3 is 5.97 Å². The molecule has 1 heterocycles. The third-order valence-corrected chi connectivity index (χ3v) is 2.82. The number of ether oxygens (including phenoxy) is 1. The number of hydrogen-bond acceptors (Lipinski definition) is 5. The summed E-state index contributed by atoms with van der Waals surface area (Å²) in [4.78, 5) is 19.2. The lowest BCUT2D eigenvalue weighted by molar-refractivity contribution is 0.0697. The normalized spacial score (nSPS) is 10.2. The first-order valence-electron chi connectivity index (χ1n) is 5.69. The van der Waals surface area contributed by atoms with Crippen molar-refractivity contribution in [2.45, 2.75) is 6.92 Å². The molecule has 2 rings (SSSR count). The molecule has 0 aliphatic rings. The molecule has 7 heteroatoms. The van der Waals surface area contributed by atoms with Crippen LogP contribution in [0.4, 0.5) is 11.6 Å². The lowest BCUT2D eigenvalue weighted by Crippen LogP contribution is -2.02. The second-order valence-electron chi connectivity index (χ2n) is 4.00. The van der Waals surface area contributed by atoms with Gasteiger partial charge in [0, 0.05) is 11.8 Å². The molecule has 104 valence electrons. The summed E-state index contributed by atoms with van der Waals surface area (Å²) in [6.45, 7) is 1.81. The van der Waals surface area contributed by atoms with E-state index in [4.69, 9.17) is 21.4 Å². The zero-order chi connectivity index (χ0) is 14.7. The van der Waals surface area contributed by atoms with Gasteiger partial charge in [-0.1, -0.05) is 11.6 Å². The molecule has 0 spiro atoms. The van der Waals surface area contributed by atoms with Crippen molar-refractivity contribution in [3.05, 3.63) is 40.5 Å². The van der Waals surface area contributed by atoms with Crippen molar-refractivity contribution in [1.29, 1.82) is 0 Å². The summed E-state index contributed by atoms with van der Waals surface area (Å²) >= 11 is 6.02. The maximum atomic E-state index is 10.8. The van der Waals surface area contributed by atoms with Crippen LogP contribution in [0.2, 0.25) is 5.02 Å². The molecule has 0 bridgehead atoms. The summed E-state index contributed by atoms with van der Waals surface area (Å²) in [7, 11) is 1.51. The van der Waals surface area contributed by atoms with E-state index in [2.05, 4.69) is 15.3 Å². The molecule has 0 aliphatic heterocycles. The van der Waals surface area contributed by atoms with Crippen LogP contribution in [0.25, 0.3) is 0 Å². The fourth-order valence-electron chi connectivity index (χ4n) is 1.57. The first-order valence-corrected chi connectivity index (χ1v) is 6.07. The Bertz CT molecular complexity index is 661. The van der Waals surface area contributed by atoms with E-state index >= 15 is 0 Å². The molecule has 0 aliphatic carbocycles. The largest absolute Gasteiger partial charge is 0.481 e. The van der Waals surface area contributed by atoms with E-state index < -0.39 is 5.97 Å². The number of carboxylic acid groups (broad SMARTS) is 1. The van der Waals surface area contributed by atoms with Gasteiger partial charge in [-0.2, -0.15) is 4.98 Å². The fraction of sp³-hybridized carbons (Fsp3) is 0.154. The van der Waals surface area contributed by atoms with Gasteiger partial charge < -0.3 is 15.2 Å². The maximum absolute atomic E-state index is 10.8. The molecule has 0 radical (unpaired) electrons. The molecule has 0 saturated carbocycles. The van der Waals surface area contributed by atoms with E-state index in [1.165, 1.54) is 19.2 Å². The van der Waals surface area contributed by atoms with Crippen molar-refractivity contribution in [3.63, 3.8) is 0 Å². The lowest BCUT2D eigenvalue weighted by atomic mass is 10.2. The Morgan fingerprint density at radius 3 is 2.70 bits per heavy atom. The number of rotatable bonds is 4. The maximum Gasteiger partial charge on any atom is 0.335 e. The van der Waals surface area contributed by atoms with Crippen LogP contribution in [0.5, 0.6) is 5.88 Å². The van der Waals surface area contributed by atoms with Crippen LogP contribution in [0.3, 0.4) is 0 Å². The first kappa shape index (κ1) is 14.1. The number of methoxy groups -OCH3 is 1. The van der Waals surface area contributed by atoms with E-state index in [1.54, 1.807) is 12.1 Å². The van der Waals surface area contributed by atoms with Crippen LogP contribution in [-0.2, 0) is 0 Å². The lowest BCUT2D eigenvalue weighted by Gasteiger charge is -2.09. The van der Waals surface area contributed by atoms with Crippen molar-refractivity contribution in [3.8, 4) is 5.88 Å². The molecular formula is C13H12ClN3O3. The molecule has 0 unspecified atom stereocenters. The highest BCUT2D eigenvalue weighted by Crippen LogP contribution is 2.26.